The molecule has 2 aliphatic rings. The maximum Gasteiger partial charge on any atom is 0.247 e. The van der Waals surface area contributed by atoms with Crippen molar-refractivity contribution in [2.75, 3.05) is 33.9 Å². The molecule has 0 aromatic heterocycles. The van der Waals surface area contributed by atoms with Crippen molar-refractivity contribution in [2.24, 2.45) is 11.8 Å². The molecule has 2 atom stereocenters. The van der Waals surface area contributed by atoms with Gasteiger partial charge in [-0.25, -0.2) is 8.42 Å². The summed E-state index contributed by atoms with van der Waals surface area (Å²) in [5.41, 5.74) is 0. The van der Waals surface area contributed by atoms with E-state index in [-0.39, 0.29) is 28.7 Å². The van der Waals surface area contributed by atoms with Crippen LogP contribution in [0.2, 0.25) is 0 Å². The highest BCUT2D eigenvalue weighted by atomic mass is 32.2. The van der Waals surface area contributed by atoms with Crippen LogP contribution in [0.25, 0.3) is 0 Å². The lowest BCUT2D eigenvalue weighted by atomic mass is 9.94. The molecular formula is C20H30N2O5S. The first-order chi connectivity index (χ1) is 13.3. The molecule has 2 aliphatic heterocycles. The fraction of sp³-hybridized carbons (Fsp3) is 0.650. The summed E-state index contributed by atoms with van der Waals surface area (Å²) in [5, 5.41) is 0. The maximum atomic E-state index is 13.5. The molecule has 2 saturated heterocycles. The zero-order valence-electron chi connectivity index (χ0n) is 17.1. The number of benzene rings is 1. The Hall–Kier alpha value is -1.80. The summed E-state index contributed by atoms with van der Waals surface area (Å²) in [6, 6.07) is 4.61. The summed E-state index contributed by atoms with van der Waals surface area (Å²) in [5.74, 6) is 1.34. The maximum absolute atomic E-state index is 13.5. The summed E-state index contributed by atoms with van der Waals surface area (Å²) in [7, 11) is -0.809. The molecule has 7 nitrogen and oxygen atoms in total. The molecule has 0 spiro atoms. The third-order valence-corrected chi connectivity index (χ3v) is 7.57. The van der Waals surface area contributed by atoms with Crippen LogP contribution in [0.15, 0.2) is 23.1 Å². The van der Waals surface area contributed by atoms with Gasteiger partial charge in [-0.15, -0.1) is 0 Å². The summed E-state index contributed by atoms with van der Waals surface area (Å²) in [4.78, 5) is 14.5. The van der Waals surface area contributed by atoms with Gasteiger partial charge < -0.3 is 14.4 Å². The first-order valence-corrected chi connectivity index (χ1v) is 11.2. The summed E-state index contributed by atoms with van der Waals surface area (Å²) >= 11 is 0. The predicted molar refractivity (Wildman–Crippen MR) is 106 cm³/mol. The van der Waals surface area contributed by atoms with E-state index in [0.717, 1.165) is 12.8 Å². The van der Waals surface area contributed by atoms with Gasteiger partial charge in [-0.2, -0.15) is 4.31 Å². The molecule has 156 valence electrons. The third kappa shape index (κ3) is 3.98. The monoisotopic (exact) mass is 410 g/mol. The molecule has 1 aromatic rings. The van der Waals surface area contributed by atoms with Crippen molar-refractivity contribution >= 4 is 15.9 Å². The van der Waals surface area contributed by atoms with Gasteiger partial charge in [-0.1, -0.05) is 13.8 Å². The Labute approximate surface area is 167 Å². The number of ether oxygens (including phenoxy) is 2. The number of likely N-dealkylation sites (tertiary alicyclic amines) is 1. The van der Waals surface area contributed by atoms with Gasteiger partial charge in [-0.05, 0) is 36.8 Å². The summed E-state index contributed by atoms with van der Waals surface area (Å²) in [6.07, 6.45) is 2.23. The number of rotatable bonds is 6. The quantitative estimate of drug-likeness (QED) is 0.720. The fourth-order valence-corrected chi connectivity index (χ4v) is 6.12. The topological polar surface area (TPSA) is 76.2 Å². The fourth-order valence-electron chi connectivity index (χ4n) is 4.23. The molecule has 0 bridgehead atoms. The van der Waals surface area contributed by atoms with E-state index < -0.39 is 10.0 Å². The van der Waals surface area contributed by atoms with E-state index in [9.17, 15) is 13.2 Å². The molecule has 0 aliphatic carbocycles. The van der Waals surface area contributed by atoms with Crippen LogP contribution in [0.3, 0.4) is 0 Å². The summed E-state index contributed by atoms with van der Waals surface area (Å²) < 4.78 is 39.1. The average molecular weight is 411 g/mol. The van der Waals surface area contributed by atoms with E-state index in [1.807, 2.05) is 18.7 Å². The number of hydrogen-bond acceptors (Lipinski definition) is 5. The van der Waals surface area contributed by atoms with Crippen molar-refractivity contribution in [3.05, 3.63) is 18.2 Å². The minimum atomic E-state index is -3.77. The molecule has 0 saturated carbocycles. The molecule has 3 rings (SSSR count). The lowest BCUT2D eigenvalue weighted by Crippen LogP contribution is -2.48. The number of methoxy groups -OCH3 is 2. The molecule has 1 aromatic carbocycles. The molecule has 2 fully saturated rings. The number of carbonyl (C=O) groups excluding carboxylic acids is 1. The van der Waals surface area contributed by atoms with Crippen molar-refractivity contribution in [1.29, 1.82) is 0 Å². The van der Waals surface area contributed by atoms with Crippen LogP contribution in [0.4, 0.5) is 0 Å². The molecule has 0 unspecified atom stereocenters. The SMILES string of the molecule is COc1ccc(OC)c(S(=O)(=O)N2CCC[C@@H]3CN(C(=O)CC(C)C)C[C@@H]32)c1. The predicted octanol–water partition coefficient (Wildman–Crippen LogP) is 2.36. The van der Waals surface area contributed by atoms with Crippen molar-refractivity contribution in [1.82, 2.24) is 9.21 Å². The average Bonchev–Trinajstić information content (AvgIpc) is 3.11. The van der Waals surface area contributed by atoms with Gasteiger partial charge in [0.05, 0.1) is 14.2 Å². The zero-order chi connectivity index (χ0) is 20.5. The Kier molecular flexibility index (Phi) is 6.19. The highest BCUT2D eigenvalue weighted by molar-refractivity contribution is 7.89. The standard InChI is InChI=1S/C20H30N2O5S/c1-14(2)10-20(23)21-12-15-6-5-9-22(17(15)13-21)28(24,25)19-11-16(26-3)7-8-18(19)27-4/h7-8,11,14-15,17H,5-6,9-10,12-13H2,1-4H3/t15-,17+/m1/s1. The molecule has 28 heavy (non-hydrogen) atoms. The molecule has 8 heteroatoms. The Morgan fingerprint density at radius 1 is 1.21 bits per heavy atom. The van der Waals surface area contributed by atoms with E-state index >= 15 is 0 Å². The van der Waals surface area contributed by atoms with Crippen LogP contribution in [0.1, 0.15) is 33.1 Å². The van der Waals surface area contributed by atoms with Crippen LogP contribution in [-0.2, 0) is 14.8 Å². The summed E-state index contributed by atoms with van der Waals surface area (Å²) in [6.45, 7) is 5.59. The lowest BCUT2D eigenvalue weighted by molar-refractivity contribution is -0.131. The largest absolute Gasteiger partial charge is 0.497 e. The second-order valence-corrected chi connectivity index (χ2v) is 9.86. The normalized spacial score (nSPS) is 23.0. The second kappa shape index (κ2) is 8.29. The lowest BCUT2D eigenvalue weighted by Gasteiger charge is -2.35. The van der Waals surface area contributed by atoms with Gasteiger partial charge in [0.25, 0.3) is 0 Å². The van der Waals surface area contributed by atoms with Crippen LogP contribution < -0.4 is 9.47 Å². The Balaban J connectivity index is 1.89. The van der Waals surface area contributed by atoms with Gasteiger partial charge in [-0.3, -0.25) is 4.79 Å². The Morgan fingerprint density at radius 2 is 1.96 bits per heavy atom. The molecular weight excluding hydrogens is 380 g/mol. The van der Waals surface area contributed by atoms with E-state index in [2.05, 4.69) is 0 Å². The van der Waals surface area contributed by atoms with E-state index in [4.69, 9.17) is 9.47 Å². The minimum absolute atomic E-state index is 0.112. The van der Waals surface area contributed by atoms with E-state index in [1.54, 1.807) is 16.4 Å². The number of carbonyl (C=O) groups is 1. The molecule has 2 heterocycles. The van der Waals surface area contributed by atoms with Crippen molar-refractivity contribution in [3.8, 4) is 11.5 Å². The Bertz CT molecular complexity index is 824. The first kappa shape index (κ1) is 20.9. The van der Waals surface area contributed by atoms with Crippen molar-refractivity contribution in [2.45, 2.75) is 44.0 Å². The van der Waals surface area contributed by atoms with Crippen LogP contribution in [0.5, 0.6) is 11.5 Å². The number of amides is 1. The van der Waals surface area contributed by atoms with Gasteiger partial charge in [0.1, 0.15) is 16.4 Å². The Morgan fingerprint density at radius 3 is 2.61 bits per heavy atom. The van der Waals surface area contributed by atoms with Crippen LogP contribution in [0, 0.1) is 11.8 Å². The number of fused-ring (bicyclic) bond motifs is 1. The second-order valence-electron chi connectivity index (χ2n) is 8.00. The van der Waals surface area contributed by atoms with Gasteiger partial charge in [0.15, 0.2) is 0 Å². The highest BCUT2D eigenvalue weighted by Crippen LogP contribution is 2.38. The van der Waals surface area contributed by atoms with E-state index in [0.29, 0.717) is 37.6 Å². The number of hydrogen-bond donors (Lipinski definition) is 0. The van der Waals surface area contributed by atoms with Gasteiger partial charge >= 0.3 is 0 Å². The third-order valence-electron chi connectivity index (χ3n) is 5.62. The van der Waals surface area contributed by atoms with Crippen molar-refractivity contribution < 1.29 is 22.7 Å². The van der Waals surface area contributed by atoms with Crippen molar-refractivity contribution in [3.63, 3.8) is 0 Å². The first-order valence-electron chi connectivity index (χ1n) is 9.79. The smallest absolute Gasteiger partial charge is 0.247 e. The minimum Gasteiger partial charge on any atom is -0.497 e. The number of sulfonamides is 1. The van der Waals surface area contributed by atoms with Crippen LogP contribution >= 0.6 is 0 Å². The number of piperidine rings is 1. The highest BCUT2D eigenvalue weighted by Gasteiger charge is 2.46. The van der Waals surface area contributed by atoms with Crippen LogP contribution in [-0.4, -0.2) is 63.4 Å². The molecule has 1 amide bonds. The van der Waals surface area contributed by atoms with Gasteiger partial charge in [0.2, 0.25) is 15.9 Å². The van der Waals surface area contributed by atoms with E-state index in [1.165, 1.54) is 20.3 Å². The zero-order valence-corrected chi connectivity index (χ0v) is 17.9. The number of nitrogens with zero attached hydrogens (tertiary/aromatic N) is 2. The molecule has 0 N–H and O–H groups in total. The van der Waals surface area contributed by atoms with Gasteiger partial charge in [0, 0.05) is 38.2 Å². The molecule has 0 radical (unpaired) electrons.